The first-order valence-corrected chi connectivity index (χ1v) is 9.67. The van der Waals surface area contributed by atoms with E-state index < -0.39 is 0 Å². The lowest BCUT2D eigenvalue weighted by Crippen LogP contribution is -2.32. The fourth-order valence-electron chi connectivity index (χ4n) is 3.47. The molecule has 1 atom stereocenters. The molecule has 0 spiro atoms. The number of methoxy groups -OCH3 is 1. The first kappa shape index (κ1) is 18.2. The molecule has 1 N–H and O–H groups in total. The molecule has 2 aromatic carbocycles. The van der Waals surface area contributed by atoms with Crippen LogP contribution in [0.5, 0.6) is 0 Å². The summed E-state index contributed by atoms with van der Waals surface area (Å²) in [6.45, 7) is 0.958. The monoisotopic (exact) mass is 445 g/mol. The molecule has 0 aliphatic carbocycles. The minimum Gasteiger partial charge on any atom is -0.383 e. The molecule has 1 amide bonds. The van der Waals surface area contributed by atoms with Crippen LogP contribution >= 0.6 is 27.5 Å². The topological polar surface area (TPSA) is 58.2 Å². The molecule has 0 saturated heterocycles. The number of carbonyl (C=O) groups excluding carboxylic acids is 1. The smallest absolute Gasteiger partial charge is 0.273 e. The molecule has 7 heteroatoms. The van der Waals surface area contributed by atoms with Crippen LogP contribution in [0.4, 0.5) is 0 Å². The number of aromatic nitrogens is 2. The molecule has 138 valence electrons. The highest BCUT2D eigenvalue weighted by Crippen LogP contribution is 2.43. The highest BCUT2D eigenvalue weighted by atomic mass is 79.9. The van der Waals surface area contributed by atoms with Crippen molar-refractivity contribution >= 4 is 33.4 Å². The Morgan fingerprint density at radius 1 is 1.26 bits per heavy atom. The molecular formula is C20H17BrClN3O2. The SMILES string of the molecule is COCCN1C(=O)c2[nH]nc(-c3ccc(Cl)cc3)c2C1c1cccc(Br)c1. The third-order valence-electron chi connectivity index (χ3n) is 4.68. The number of halogens is 2. The molecule has 2 heterocycles. The van der Waals surface area contributed by atoms with Crippen molar-refractivity contribution in [2.75, 3.05) is 20.3 Å². The number of fused-ring (bicyclic) bond motifs is 1. The van der Waals surface area contributed by atoms with Gasteiger partial charge >= 0.3 is 0 Å². The Morgan fingerprint density at radius 2 is 2.04 bits per heavy atom. The number of amides is 1. The van der Waals surface area contributed by atoms with Crippen LogP contribution in [-0.2, 0) is 4.74 Å². The molecule has 5 nitrogen and oxygen atoms in total. The lowest BCUT2D eigenvalue weighted by molar-refractivity contribution is 0.0677. The summed E-state index contributed by atoms with van der Waals surface area (Å²) in [6.07, 6.45) is 0. The Hall–Kier alpha value is -2.15. The van der Waals surface area contributed by atoms with Crippen molar-refractivity contribution in [3.63, 3.8) is 0 Å². The molecule has 27 heavy (non-hydrogen) atoms. The minimum absolute atomic E-state index is 0.0697. The van der Waals surface area contributed by atoms with Crippen molar-refractivity contribution < 1.29 is 9.53 Å². The molecule has 0 bridgehead atoms. The Bertz CT molecular complexity index is 987. The standard InChI is InChI=1S/C20H17BrClN3O2/c1-27-10-9-25-19(13-3-2-4-14(21)11-13)16-17(23-24-18(16)20(25)26)12-5-7-15(22)8-6-12/h2-8,11,19H,9-10H2,1H3,(H,23,24). The molecule has 0 saturated carbocycles. The Morgan fingerprint density at radius 3 is 2.74 bits per heavy atom. The summed E-state index contributed by atoms with van der Waals surface area (Å²) < 4.78 is 6.18. The largest absolute Gasteiger partial charge is 0.383 e. The van der Waals surface area contributed by atoms with Crippen molar-refractivity contribution in [3.8, 4) is 11.3 Å². The van der Waals surface area contributed by atoms with Crippen molar-refractivity contribution in [3.05, 3.63) is 74.8 Å². The average Bonchev–Trinajstić information content (AvgIpc) is 3.20. The van der Waals surface area contributed by atoms with Crippen LogP contribution in [0.2, 0.25) is 5.02 Å². The van der Waals surface area contributed by atoms with Gasteiger partial charge in [0, 0.05) is 34.3 Å². The lowest BCUT2D eigenvalue weighted by atomic mass is 9.96. The number of hydrogen-bond acceptors (Lipinski definition) is 3. The van der Waals surface area contributed by atoms with Gasteiger partial charge in [-0.3, -0.25) is 9.89 Å². The second-order valence-corrected chi connectivity index (χ2v) is 7.67. The summed E-state index contributed by atoms with van der Waals surface area (Å²) >= 11 is 9.56. The zero-order valence-corrected chi connectivity index (χ0v) is 16.9. The van der Waals surface area contributed by atoms with Crippen LogP contribution in [0.15, 0.2) is 53.0 Å². The average molecular weight is 447 g/mol. The minimum atomic E-state index is -0.232. The van der Waals surface area contributed by atoms with Gasteiger partial charge in [0.05, 0.1) is 18.3 Å². The van der Waals surface area contributed by atoms with Crippen molar-refractivity contribution in [1.82, 2.24) is 15.1 Å². The van der Waals surface area contributed by atoms with Crippen LogP contribution in [0, 0.1) is 0 Å². The number of benzene rings is 2. The number of nitrogens with zero attached hydrogens (tertiary/aromatic N) is 2. The van der Waals surface area contributed by atoms with Crippen molar-refractivity contribution in [2.24, 2.45) is 0 Å². The van der Waals surface area contributed by atoms with Crippen LogP contribution in [-0.4, -0.2) is 41.3 Å². The van der Waals surface area contributed by atoms with E-state index in [1.54, 1.807) is 7.11 Å². The van der Waals surface area contributed by atoms with Crippen molar-refractivity contribution in [1.29, 1.82) is 0 Å². The van der Waals surface area contributed by atoms with Gasteiger partial charge in [-0.2, -0.15) is 5.10 Å². The van der Waals surface area contributed by atoms with E-state index in [1.807, 2.05) is 53.4 Å². The van der Waals surface area contributed by atoms with Gasteiger partial charge in [0.25, 0.3) is 5.91 Å². The summed E-state index contributed by atoms with van der Waals surface area (Å²) in [5, 5.41) is 8.05. The molecular weight excluding hydrogens is 430 g/mol. The van der Waals surface area contributed by atoms with E-state index in [-0.39, 0.29) is 11.9 Å². The summed E-state index contributed by atoms with van der Waals surface area (Å²) in [4.78, 5) is 14.9. The summed E-state index contributed by atoms with van der Waals surface area (Å²) in [5.41, 5.74) is 4.11. The Balaban J connectivity index is 1.86. The maximum Gasteiger partial charge on any atom is 0.273 e. The Kier molecular flexibility index (Phi) is 5.04. The summed E-state index contributed by atoms with van der Waals surface area (Å²) in [6, 6.07) is 15.2. The number of hydrogen-bond donors (Lipinski definition) is 1. The highest BCUT2D eigenvalue weighted by molar-refractivity contribution is 9.10. The molecule has 3 aromatic rings. The lowest BCUT2D eigenvalue weighted by Gasteiger charge is -2.26. The quantitative estimate of drug-likeness (QED) is 0.619. The molecule has 1 aliphatic heterocycles. The van der Waals surface area contributed by atoms with Crippen molar-refractivity contribution in [2.45, 2.75) is 6.04 Å². The van der Waals surface area contributed by atoms with E-state index >= 15 is 0 Å². The van der Waals surface area contributed by atoms with Crippen LogP contribution < -0.4 is 0 Å². The summed E-state index contributed by atoms with van der Waals surface area (Å²) in [7, 11) is 1.63. The molecule has 1 aromatic heterocycles. The van der Waals surface area contributed by atoms with Gasteiger partial charge in [-0.15, -0.1) is 0 Å². The van der Waals surface area contributed by atoms with Gasteiger partial charge in [0.1, 0.15) is 5.69 Å². The van der Waals surface area contributed by atoms with E-state index in [4.69, 9.17) is 16.3 Å². The first-order chi connectivity index (χ1) is 13.1. The number of carbonyl (C=O) groups is 1. The number of ether oxygens (including phenoxy) is 1. The zero-order valence-electron chi connectivity index (χ0n) is 14.6. The van der Waals surface area contributed by atoms with E-state index in [0.29, 0.717) is 23.9 Å². The first-order valence-electron chi connectivity index (χ1n) is 8.49. The summed E-state index contributed by atoms with van der Waals surface area (Å²) in [5.74, 6) is -0.0697. The molecule has 1 unspecified atom stereocenters. The van der Waals surface area contributed by atoms with Gasteiger partial charge in [0.2, 0.25) is 0 Å². The van der Waals surface area contributed by atoms with Crippen LogP contribution in [0.3, 0.4) is 0 Å². The second kappa shape index (κ2) is 7.46. The third kappa shape index (κ3) is 3.29. The highest BCUT2D eigenvalue weighted by Gasteiger charge is 2.41. The second-order valence-electron chi connectivity index (χ2n) is 6.32. The van der Waals surface area contributed by atoms with Crippen LogP contribution in [0.25, 0.3) is 11.3 Å². The van der Waals surface area contributed by atoms with Gasteiger partial charge in [0.15, 0.2) is 0 Å². The third-order valence-corrected chi connectivity index (χ3v) is 5.43. The predicted octanol–water partition coefficient (Wildman–Crippen LogP) is 4.68. The maximum absolute atomic E-state index is 13.0. The molecule has 1 aliphatic rings. The van der Waals surface area contributed by atoms with E-state index in [2.05, 4.69) is 26.1 Å². The molecule has 4 rings (SSSR count). The predicted molar refractivity (Wildman–Crippen MR) is 108 cm³/mol. The number of H-pyrrole nitrogens is 1. The van der Waals surface area contributed by atoms with Gasteiger partial charge in [-0.25, -0.2) is 0 Å². The fourth-order valence-corrected chi connectivity index (χ4v) is 4.01. The normalized spacial score (nSPS) is 16.0. The fraction of sp³-hybridized carbons (Fsp3) is 0.200. The zero-order chi connectivity index (χ0) is 19.0. The molecule has 0 radical (unpaired) electrons. The number of nitrogens with one attached hydrogen (secondary N) is 1. The van der Waals surface area contributed by atoms with Gasteiger partial charge < -0.3 is 9.64 Å². The van der Waals surface area contributed by atoms with E-state index in [1.165, 1.54) is 0 Å². The number of rotatable bonds is 5. The number of aromatic amines is 1. The Labute approximate surface area is 170 Å². The van der Waals surface area contributed by atoms with Gasteiger partial charge in [-0.05, 0) is 29.8 Å². The van der Waals surface area contributed by atoms with E-state index in [9.17, 15) is 4.79 Å². The maximum atomic E-state index is 13.0. The van der Waals surface area contributed by atoms with E-state index in [0.717, 1.165) is 26.9 Å². The molecule has 0 fully saturated rings. The van der Waals surface area contributed by atoms with Crippen LogP contribution in [0.1, 0.15) is 27.7 Å². The van der Waals surface area contributed by atoms with Gasteiger partial charge in [-0.1, -0.05) is 51.8 Å².